The van der Waals surface area contributed by atoms with E-state index < -0.39 is 4.92 Å². The van der Waals surface area contributed by atoms with E-state index >= 15 is 0 Å². The summed E-state index contributed by atoms with van der Waals surface area (Å²) in [5, 5.41) is 19.5. The fraction of sp³-hybridized carbons (Fsp3) is 0.0909. The average Bonchev–Trinajstić information content (AvgIpc) is 3.05. The molecule has 6 nitrogen and oxygen atoms in total. The summed E-state index contributed by atoms with van der Waals surface area (Å²) in [6.07, 6.45) is 1.54. The molecule has 0 bridgehead atoms. The Hall–Kier alpha value is -3.58. The van der Waals surface area contributed by atoms with Crippen molar-refractivity contribution in [3.05, 3.63) is 104 Å². The lowest BCUT2D eigenvalue weighted by Gasteiger charge is -2.05. The Morgan fingerprint density at radius 3 is 2.69 bits per heavy atom. The second-order valence-electron chi connectivity index (χ2n) is 6.62. The zero-order chi connectivity index (χ0) is 20.2. The van der Waals surface area contributed by atoms with Crippen molar-refractivity contribution < 1.29 is 4.92 Å². The SMILES string of the molecule is Cc1ccc2c(c1)s/c(=N/N=Cc1cccc([N+](=O)[O-])c1)n2Cc1ccccc1. The number of benzene rings is 3. The van der Waals surface area contributed by atoms with Crippen LogP contribution in [0.25, 0.3) is 10.2 Å². The summed E-state index contributed by atoms with van der Waals surface area (Å²) < 4.78 is 3.28. The first kappa shape index (κ1) is 18.8. The van der Waals surface area contributed by atoms with Crippen LogP contribution in [0, 0.1) is 17.0 Å². The number of nitro groups is 1. The molecule has 0 atom stereocenters. The average molecular weight is 402 g/mol. The molecule has 144 valence electrons. The monoisotopic (exact) mass is 402 g/mol. The third-order valence-corrected chi connectivity index (χ3v) is 5.48. The highest BCUT2D eigenvalue weighted by Gasteiger charge is 2.07. The number of nitrogens with zero attached hydrogens (tertiary/aromatic N) is 4. The van der Waals surface area contributed by atoms with Gasteiger partial charge in [-0.05, 0) is 30.2 Å². The molecule has 0 saturated carbocycles. The van der Waals surface area contributed by atoms with Gasteiger partial charge in [0.25, 0.3) is 5.69 Å². The molecule has 4 aromatic rings. The van der Waals surface area contributed by atoms with E-state index in [0.717, 1.165) is 15.0 Å². The van der Waals surface area contributed by atoms with Crippen LogP contribution in [0.3, 0.4) is 0 Å². The minimum Gasteiger partial charge on any atom is -0.311 e. The maximum absolute atomic E-state index is 10.9. The van der Waals surface area contributed by atoms with Crippen molar-refractivity contribution >= 4 is 33.5 Å². The molecule has 0 fully saturated rings. The highest BCUT2D eigenvalue weighted by molar-refractivity contribution is 7.16. The van der Waals surface area contributed by atoms with Crippen molar-refractivity contribution in [3.8, 4) is 0 Å². The van der Waals surface area contributed by atoms with Crippen LogP contribution in [-0.4, -0.2) is 15.7 Å². The van der Waals surface area contributed by atoms with Crippen molar-refractivity contribution in [2.24, 2.45) is 10.2 Å². The van der Waals surface area contributed by atoms with Gasteiger partial charge >= 0.3 is 0 Å². The fourth-order valence-electron chi connectivity index (χ4n) is 3.04. The molecule has 0 aliphatic carbocycles. The van der Waals surface area contributed by atoms with Gasteiger partial charge in [0.1, 0.15) is 0 Å². The van der Waals surface area contributed by atoms with Gasteiger partial charge in [0.2, 0.25) is 4.80 Å². The summed E-state index contributed by atoms with van der Waals surface area (Å²) in [7, 11) is 0. The van der Waals surface area contributed by atoms with E-state index in [9.17, 15) is 10.1 Å². The first-order valence-corrected chi connectivity index (χ1v) is 9.87. The molecule has 1 aromatic heterocycles. The number of hydrogen-bond donors (Lipinski definition) is 0. The highest BCUT2D eigenvalue weighted by atomic mass is 32.1. The Bertz CT molecular complexity index is 1270. The molecule has 0 N–H and O–H groups in total. The molecule has 4 rings (SSSR count). The molecule has 0 radical (unpaired) electrons. The van der Waals surface area contributed by atoms with Gasteiger partial charge in [0.05, 0.1) is 27.9 Å². The van der Waals surface area contributed by atoms with E-state index in [4.69, 9.17) is 0 Å². The second-order valence-corrected chi connectivity index (χ2v) is 7.63. The van der Waals surface area contributed by atoms with Crippen LogP contribution < -0.4 is 4.80 Å². The third kappa shape index (κ3) is 4.30. The maximum Gasteiger partial charge on any atom is 0.270 e. The topological polar surface area (TPSA) is 72.8 Å². The molecule has 0 saturated heterocycles. The van der Waals surface area contributed by atoms with Gasteiger partial charge in [-0.15, -0.1) is 5.10 Å². The summed E-state index contributed by atoms with van der Waals surface area (Å²) in [6.45, 7) is 2.76. The van der Waals surface area contributed by atoms with E-state index in [2.05, 4.69) is 52.0 Å². The van der Waals surface area contributed by atoms with Gasteiger partial charge in [-0.1, -0.05) is 59.9 Å². The van der Waals surface area contributed by atoms with Crippen LogP contribution in [0.15, 0.2) is 83.0 Å². The van der Waals surface area contributed by atoms with Crippen molar-refractivity contribution in [1.29, 1.82) is 0 Å². The number of nitro benzene ring substituents is 1. The lowest BCUT2D eigenvalue weighted by Crippen LogP contribution is -2.15. The summed E-state index contributed by atoms with van der Waals surface area (Å²) in [5.41, 5.74) is 4.14. The molecule has 1 heterocycles. The minimum absolute atomic E-state index is 0.0328. The lowest BCUT2D eigenvalue weighted by molar-refractivity contribution is -0.384. The van der Waals surface area contributed by atoms with Crippen LogP contribution >= 0.6 is 11.3 Å². The predicted octanol–water partition coefficient (Wildman–Crippen LogP) is 4.90. The van der Waals surface area contributed by atoms with Crippen molar-refractivity contribution in [2.75, 3.05) is 0 Å². The molecule has 29 heavy (non-hydrogen) atoms. The van der Waals surface area contributed by atoms with Gasteiger partial charge in [0.15, 0.2) is 0 Å². The molecule has 0 aliphatic heterocycles. The normalized spacial score (nSPS) is 12.1. The van der Waals surface area contributed by atoms with E-state index in [-0.39, 0.29) is 5.69 Å². The number of hydrogen-bond acceptors (Lipinski definition) is 5. The number of fused-ring (bicyclic) bond motifs is 1. The molecule has 0 amide bonds. The Kier molecular flexibility index (Phi) is 5.31. The zero-order valence-corrected chi connectivity index (χ0v) is 16.5. The molecule has 7 heteroatoms. The first-order valence-electron chi connectivity index (χ1n) is 9.05. The summed E-state index contributed by atoms with van der Waals surface area (Å²) >= 11 is 1.57. The lowest BCUT2D eigenvalue weighted by atomic mass is 10.2. The Morgan fingerprint density at radius 2 is 1.90 bits per heavy atom. The van der Waals surface area contributed by atoms with Crippen molar-refractivity contribution in [2.45, 2.75) is 13.5 Å². The predicted molar refractivity (Wildman–Crippen MR) is 116 cm³/mol. The van der Waals surface area contributed by atoms with Crippen LogP contribution in [0.1, 0.15) is 16.7 Å². The largest absolute Gasteiger partial charge is 0.311 e. The molecule has 0 aliphatic rings. The number of non-ortho nitro benzene ring substituents is 1. The summed E-state index contributed by atoms with van der Waals surface area (Å²) in [4.78, 5) is 11.3. The number of aromatic nitrogens is 1. The van der Waals surface area contributed by atoms with Crippen molar-refractivity contribution in [3.63, 3.8) is 0 Å². The molecular weight excluding hydrogens is 384 g/mol. The smallest absolute Gasteiger partial charge is 0.270 e. The van der Waals surface area contributed by atoms with Crippen LogP contribution in [0.5, 0.6) is 0 Å². The van der Waals surface area contributed by atoms with Crippen LogP contribution in [0.4, 0.5) is 5.69 Å². The highest BCUT2D eigenvalue weighted by Crippen LogP contribution is 2.20. The van der Waals surface area contributed by atoms with E-state index in [0.29, 0.717) is 12.1 Å². The van der Waals surface area contributed by atoms with Crippen LogP contribution in [0.2, 0.25) is 0 Å². The molecule has 0 spiro atoms. The zero-order valence-electron chi connectivity index (χ0n) is 15.7. The van der Waals surface area contributed by atoms with E-state index in [1.54, 1.807) is 23.5 Å². The Labute approximate surface area is 171 Å². The molecular formula is C22H18N4O2S. The van der Waals surface area contributed by atoms with Gasteiger partial charge in [-0.3, -0.25) is 10.1 Å². The molecule has 0 unspecified atom stereocenters. The summed E-state index contributed by atoms with van der Waals surface area (Å²) in [6, 6.07) is 22.9. The molecule has 3 aromatic carbocycles. The fourth-order valence-corrected chi connectivity index (χ4v) is 4.12. The van der Waals surface area contributed by atoms with Crippen LogP contribution in [-0.2, 0) is 6.54 Å². The quantitative estimate of drug-likeness (QED) is 0.270. The first-order chi connectivity index (χ1) is 14.1. The van der Waals surface area contributed by atoms with Crippen molar-refractivity contribution in [1.82, 2.24) is 4.57 Å². The number of thiazole rings is 1. The van der Waals surface area contributed by atoms with Gasteiger partial charge < -0.3 is 4.57 Å². The van der Waals surface area contributed by atoms with Gasteiger partial charge in [0, 0.05) is 17.7 Å². The summed E-state index contributed by atoms with van der Waals surface area (Å²) in [5.74, 6) is 0. The van der Waals surface area contributed by atoms with Gasteiger partial charge in [-0.25, -0.2) is 0 Å². The Balaban J connectivity index is 1.75. The Morgan fingerprint density at radius 1 is 1.07 bits per heavy atom. The van der Waals surface area contributed by atoms with E-state index in [1.807, 2.05) is 18.2 Å². The van der Waals surface area contributed by atoms with Gasteiger partial charge in [-0.2, -0.15) is 5.10 Å². The second kappa shape index (κ2) is 8.20. The number of rotatable bonds is 5. The number of aryl methyl sites for hydroxylation is 1. The maximum atomic E-state index is 10.9. The minimum atomic E-state index is -0.420. The third-order valence-electron chi connectivity index (χ3n) is 4.45. The standard InChI is InChI=1S/C22H18N4O2S/c1-16-10-11-20-21(12-16)29-22(25(20)15-17-6-3-2-4-7-17)24-23-14-18-8-5-9-19(13-18)26(27)28/h2-14H,15H2,1H3/b23-14?,24-22+. The van der Waals surface area contributed by atoms with E-state index in [1.165, 1.54) is 29.5 Å².